The minimum Gasteiger partial charge on any atom is -0.364 e. The molecule has 0 spiro atoms. The van der Waals surface area contributed by atoms with Gasteiger partial charge in [0.25, 0.3) is 5.91 Å². The van der Waals surface area contributed by atoms with Gasteiger partial charge in [-0.2, -0.15) is 0 Å². The quantitative estimate of drug-likeness (QED) is 0.879. The van der Waals surface area contributed by atoms with Crippen molar-refractivity contribution < 1.29 is 9.53 Å². The Labute approximate surface area is 126 Å². The number of carbonyl (C=O) groups excluding carboxylic acids is 1. The molecule has 2 unspecified atom stereocenters. The van der Waals surface area contributed by atoms with Gasteiger partial charge in [0, 0.05) is 6.61 Å². The molecule has 2 aromatic carbocycles. The van der Waals surface area contributed by atoms with Crippen LogP contribution < -0.4 is 5.32 Å². The number of benzene rings is 2. The Morgan fingerprint density at radius 2 is 1.52 bits per heavy atom. The second-order valence-electron chi connectivity index (χ2n) is 4.89. The van der Waals surface area contributed by atoms with Crippen molar-refractivity contribution in [1.82, 2.24) is 5.32 Å². The first-order valence-corrected chi connectivity index (χ1v) is 7.24. The van der Waals surface area contributed by atoms with Crippen LogP contribution in [-0.2, 0) is 9.53 Å². The molecule has 0 heterocycles. The summed E-state index contributed by atoms with van der Waals surface area (Å²) < 4.78 is 5.61. The number of hydrogen-bond donors (Lipinski definition) is 1. The molecule has 0 aliphatic rings. The van der Waals surface area contributed by atoms with Crippen LogP contribution in [0, 0.1) is 0 Å². The second kappa shape index (κ2) is 7.60. The molecule has 21 heavy (non-hydrogen) atoms. The predicted octanol–water partition coefficient (Wildman–Crippen LogP) is 3.64. The molecule has 0 bridgehead atoms. The molecule has 0 saturated carbocycles. The van der Waals surface area contributed by atoms with Crippen LogP contribution in [0.2, 0.25) is 0 Å². The van der Waals surface area contributed by atoms with E-state index in [0.29, 0.717) is 6.61 Å². The minimum atomic E-state index is -0.567. The van der Waals surface area contributed by atoms with Crippen LogP contribution >= 0.6 is 0 Å². The molecule has 0 aliphatic carbocycles. The zero-order valence-corrected chi connectivity index (χ0v) is 12.5. The fourth-order valence-electron chi connectivity index (χ4n) is 2.23. The second-order valence-corrected chi connectivity index (χ2v) is 4.89. The van der Waals surface area contributed by atoms with Crippen LogP contribution in [-0.4, -0.2) is 12.5 Å². The topological polar surface area (TPSA) is 38.3 Å². The molecular formula is C18H21NO2. The molecule has 2 atom stereocenters. The van der Waals surface area contributed by atoms with Crippen LogP contribution in [0.25, 0.3) is 0 Å². The molecule has 0 aromatic heterocycles. The number of nitrogens with one attached hydrogen (secondary N) is 1. The van der Waals surface area contributed by atoms with E-state index in [-0.39, 0.29) is 11.9 Å². The van der Waals surface area contributed by atoms with Crippen LogP contribution in [0.3, 0.4) is 0 Å². The van der Waals surface area contributed by atoms with Crippen LogP contribution in [0.1, 0.15) is 37.1 Å². The van der Waals surface area contributed by atoms with Crippen molar-refractivity contribution in [3.63, 3.8) is 0 Å². The zero-order chi connectivity index (χ0) is 15.1. The minimum absolute atomic E-state index is 0.0506. The largest absolute Gasteiger partial charge is 0.364 e. The highest BCUT2D eigenvalue weighted by Gasteiger charge is 2.22. The molecule has 3 heteroatoms. The van der Waals surface area contributed by atoms with Crippen LogP contribution in [0.4, 0.5) is 0 Å². The van der Waals surface area contributed by atoms with E-state index in [1.807, 2.05) is 74.5 Å². The van der Waals surface area contributed by atoms with E-state index in [9.17, 15) is 4.79 Å². The third kappa shape index (κ3) is 4.17. The number of carbonyl (C=O) groups is 1. The van der Waals surface area contributed by atoms with Crippen LogP contribution in [0.5, 0.6) is 0 Å². The Morgan fingerprint density at radius 3 is 2.05 bits per heavy atom. The molecule has 1 N–H and O–H groups in total. The molecule has 110 valence electrons. The molecule has 2 aromatic rings. The highest BCUT2D eigenvalue weighted by Crippen LogP contribution is 2.19. The van der Waals surface area contributed by atoms with Gasteiger partial charge in [-0.15, -0.1) is 0 Å². The van der Waals surface area contributed by atoms with Crippen molar-refractivity contribution in [3.05, 3.63) is 71.8 Å². The molecule has 3 nitrogen and oxygen atoms in total. The number of hydrogen-bond acceptors (Lipinski definition) is 2. The molecule has 0 saturated heterocycles. The highest BCUT2D eigenvalue weighted by atomic mass is 16.5. The Morgan fingerprint density at radius 1 is 1.00 bits per heavy atom. The lowest BCUT2D eigenvalue weighted by atomic mass is 10.1. The average Bonchev–Trinajstić information content (AvgIpc) is 2.54. The molecule has 2 rings (SSSR count). The summed E-state index contributed by atoms with van der Waals surface area (Å²) in [6.07, 6.45) is -0.567. The third-order valence-corrected chi connectivity index (χ3v) is 3.33. The first-order chi connectivity index (χ1) is 10.2. The van der Waals surface area contributed by atoms with E-state index in [2.05, 4.69) is 5.32 Å². The average molecular weight is 283 g/mol. The lowest BCUT2D eigenvalue weighted by Gasteiger charge is -2.21. The maximum absolute atomic E-state index is 12.5. The fourth-order valence-corrected chi connectivity index (χ4v) is 2.23. The van der Waals surface area contributed by atoms with E-state index in [0.717, 1.165) is 11.1 Å². The van der Waals surface area contributed by atoms with E-state index in [1.165, 1.54) is 0 Å². The van der Waals surface area contributed by atoms with Gasteiger partial charge < -0.3 is 10.1 Å². The third-order valence-electron chi connectivity index (χ3n) is 3.33. The van der Waals surface area contributed by atoms with Crippen molar-refractivity contribution in [3.8, 4) is 0 Å². The van der Waals surface area contributed by atoms with Gasteiger partial charge in [-0.3, -0.25) is 4.79 Å². The van der Waals surface area contributed by atoms with Gasteiger partial charge in [0.2, 0.25) is 0 Å². The first kappa shape index (κ1) is 15.3. The molecule has 0 radical (unpaired) electrons. The fraction of sp³-hybridized carbons (Fsp3) is 0.278. The van der Waals surface area contributed by atoms with Crippen molar-refractivity contribution in [2.75, 3.05) is 6.61 Å². The van der Waals surface area contributed by atoms with E-state index in [4.69, 9.17) is 4.74 Å². The van der Waals surface area contributed by atoms with Gasteiger partial charge in [0.1, 0.15) is 0 Å². The van der Waals surface area contributed by atoms with Gasteiger partial charge in [-0.1, -0.05) is 60.7 Å². The Bertz CT molecular complexity index is 554. The maximum Gasteiger partial charge on any atom is 0.254 e. The summed E-state index contributed by atoms with van der Waals surface area (Å²) >= 11 is 0. The van der Waals surface area contributed by atoms with Crippen LogP contribution in [0.15, 0.2) is 60.7 Å². The van der Waals surface area contributed by atoms with E-state index < -0.39 is 6.10 Å². The van der Waals surface area contributed by atoms with Gasteiger partial charge in [0.05, 0.1) is 6.04 Å². The van der Waals surface area contributed by atoms with Gasteiger partial charge >= 0.3 is 0 Å². The monoisotopic (exact) mass is 283 g/mol. The first-order valence-electron chi connectivity index (χ1n) is 7.24. The molecular weight excluding hydrogens is 262 g/mol. The maximum atomic E-state index is 12.5. The van der Waals surface area contributed by atoms with Gasteiger partial charge in [-0.25, -0.2) is 0 Å². The summed E-state index contributed by atoms with van der Waals surface area (Å²) in [6, 6.07) is 19.4. The Balaban J connectivity index is 2.09. The summed E-state index contributed by atoms with van der Waals surface area (Å²) in [5.41, 5.74) is 1.95. The summed E-state index contributed by atoms with van der Waals surface area (Å²) in [4.78, 5) is 12.5. The number of amides is 1. The Kier molecular flexibility index (Phi) is 5.52. The van der Waals surface area contributed by atoms with Crippen molar-refractivity contribution in [2.45, 2.75) is 26.0 Å². The standard InChI is InChI=1S/C18H21NO2/c1-3-21-17(16-12-8-5-9-13-16)18(20)19-14(2)15-10-6-4-7-11-15/h4-14,17H,3H2,1-2H3,(H,19,20). The van der Waals surface area contributed by atoms with Gasteiger partial charge in [-0.05, 0) is 25.0 Å². The zero-order valence-electron chi connectivity index (χ0n) is 12.5. The number of rotatable bonds is 6. The lowest BCUT2D eigenvalue weighted by molar-refractivity contribution is -0.133. The smallest absolute Gasteiger partial charge is 0.254 e. The van der Waals surface area contributed by atoms with Crippen molar-refractivity contribution in [1.29, 1.82) is 0 Å². The van der Waals surface area contributed by atoms with E-state index in [1.54, 1.807) is 0 Å². The van der Waals surface area contributed by atoms with Crippen molar-refractivity contribution in [2.24, 2.45) is 0 Å². The predicted molar refractivity (Wildman–Crippen MR) is 83.8 cm³/mol. The molecule has 0 fully saturated rings. The van der Waals surface area contributed by atoms with Crippen molar-refractivity contribution >= 4 is 5.91 Å². The number of ether oxygens (including phenoxy) is 1. The summed E-state index contributed by atoms with van der Waals surface area (Å²) in [7, 11) is 0. The molecule has 1 amide bonds. The SMILES string of the molecule is CCOC(C(=O)NC(C)c1ccccc1)c1ccccc1. The van der Waals surface area contributed by atoms with E-state index >= 15 is 0 Å². The summed E-state index contributed by atoms with van der Waals surface area (Å²) in [6.45, 7) is 4.36. The summed E-state index contributed by atoms with van der Waals surface area (Å²) in [5, 5.41) is 3.02. The lowest BCUT2D eigenvalue weighted by Crippen LogP contribution is -2.33. The molecule has 0 aliphatic heterocycles. The van der Waals surface area contributed by atoms with Gasteiger partial charge in [0.15, 0.2) is 6.10 Å². The summed E-state index contributed by atoms with van der Waals surface area (Å²) in [5.74, 6) is -0.112. The normalized spacial score (nSPS) is 13.4. The highest BCUT2D eigenvalue weighted by molar-refractivity contribution is 5.82. The Hall–Kier alpha value is -2.13.